The monoisotopic (exact) mass is 424 g/mol. The maximum absolute atomic E-state index is 9.30. The molecule has 2 aromatic heterocycles. The molecule has 26 heavy (non-hydrogen) atoms. The average molecular weight is 425 g/mol. The van der Waals surface area contributed by atoms with Crippen LogP contribution in [0.5, 0.6) is 0 Å². The standard InChI is InChI=1S/C16H14Cl2N6S2/c1-9(23(2)3)14-20-21-16(24(14)11-6-4-10(17)5-7-11)25-15-12(8-19)13(18)22-26-15/h4-7,9H,1-3H3. The lowest BCUT2D eigenvalue weighted by molar-refractivity contribution is 0.305. The second kappa shape index (κ2) is 7.94. The van der Waals surface area contributed by atoms with Crippen molar-refractivity contribution in [1.29, 1.82) is 5.26 Å². The maximum atomic E-state index is 9.30. The molecule has 1 unspecified atom stereocenters. The number of rotatable bonds is 5. The van der Waals surface area contributed by atoms with Crippen LogP contribution in [-0.2, 0) is 0 Å². The largest absolute Gasteiger partial charge is 0.300 e. The van der Waals surface area contributed by atoms with Crippen LogP contribution < -0.4 is 0 Å². The van der Waals surface area contributed by atoms with Gasteiger partial charge in [-0.25, -0.2) is 0 Å². The van der Waals surface area contributed by atoms with E-state index in [4.69, 9.17) is 23.2 Å². The number of hydrogen-bond acceptors (Lipinski definition) is 7. The Labute approximate surface area is 169 Å². The molecule has 0 saturated heterocycles. The van der Waals surface area contributed by atoms with Crippen LogP contribution in [0.1, 0.15) is 24.4 Å². The first-order valence-electron chi connectivity index (χ1n) is 7.53. The summed E-state index contributed by atoms with van der Waals surface area (Å²) < 4.78 is 6.69. The second-order valence-corrected chi connectivity index (χ2v) is 8.45. The highest BCUT2D eigenvalue weighted by molar-refractivity contribution is 8.01. The zero-order valence-corrected chi connectivity index (χ0v) is 17.3. The summed E-state index contributed by atoms with van der Waals surface area (Å²) in [5, 5.41) is 19.5. The summed E-state index contributed by atoms with van der Waals surface area (Å²) in [4.78, 5) is 2.05. The molecule has 6 nitrogen and oxygen atoms in total. The first-order chi connectivity index (χ1) is 12.4. The van der Waals surface area contributed by atoms with E-state index in [0.717, 1.165) is 11.5 Å². The Bertz CT molecular complexity index is 958. The van der Waals surface area contributed by atoms with Crippen molar-refractivity contribution in [3.8, 4) is 11.8 Å². The normalized spacial score (nSPS) is 12.3. The van der Waals surface area contributed by atoms with E-state index in [1.165, 1.54) is 23.3 Å². The van der Waals surface area contributed by atoms with Crippen molar-refractivity contribution in [3.63, 3.8) is 0 Å². The van der Waals surface area contributed by atoms with Gasteiger partial charge in [-0.3, -0.25) is 9.47 Å². The van der Waals surface area contributed by atoms with E-state index in [2.05, 4.69) is 32.5 Å². The van der Waals surface area contributed by atoms with Gasteiger partial charge in [0.25, 0.3) is 0 Å². The highest BCUT2D eigenvalue weighted by atomic mass is 35.5. The molecule has 3 aromatic rings. The van der Waals surface area contributed by atoms with Gasteiger partial charge in [0.2, 0.25) is 5.16 Å². The maximum Gasteiger partial charge on any atom is 0.201 e. The van der Waals surface area contributed by atoms with Crippen molar-refractivity contribution >= 4 is 46.5 Å². The molecule has 0 saturated carbocycles. The number of aromatic nitrogens is 4. The van der Waals surface area contributed by atoms with E-state index in [9.17, 15) is 5.26 Å². The number of nitriles is 1. The predicted molar refractivity (Wildman–Crippen MR) is 104 cm³/mol. The summed E-state index contributed by atoms with van der Waals surface area (Å²) in [6.45, 7) is 2.05. The third-order valence-corrected chi connectivity index (χ3v) is 6.39. The minimum atomic E-state index is 0.0352. The lowest BCUT2D eigenvalue weighted by atomic mass is 10.2. The van der Waals surface area contributed by atoms with Gasteiger partial charge in [-0.2, -0.15) is 9.64 Å². The highest BCUT2D eigenvalue weighted by Gasteiger charge is 2.23. The molecule has 1 atom stereocenters. The van der Waals surface area contributed by atoms with Gasteiger partial charge in [0.05, 0.1) is 6.04 Å². The lowest BCUT2D eigenvalue weighted by Crippen LogP contribution is -2.20. The van der Waals surface area contributed by atoms with Gasteiger partial charge in [0.15, 0.2) is 11.0 Å². The van der Waals surface area contributed by atoms with Crippen molar-refractivity contribution in [3.05, 3.63) is 45.8 Å². The molecule has 3 rings (SSSR count). The molecular formula is C16H14Cl2N6S2. The van der Waals surface area contributed by atoms with Crippen LogP contribution >= 0.6 is 46.5 Å². The molecule has 0 aliphatic heterocycles. The Morgan fingerprint density at radius 2 is 1.92 bits per heavy atom. The van der Waals surface area contributed by atoms with Crippen molar-refractivity contribution in [2.24, 2.45) is 0 Å². The van der Waals surface area contributed by atoms with Crippen LogP contribution in [0.15, 0.2) is 33.6 Å². The Kier molecular flexibility index (Phi) is 5.85. The molecule has 0 aliphatic rings. The molecule has 0 N–H and O–H groups in total. The summed E-state index contributed by atoms with van der Waals surface area (Å²) in [6.07, 6.45) is 0. The fraction of sp³-hybridized carbons (Fsp3) is 0.250. The fourth-order valence-electron chi connectivity index (χ4n) is 2.18. The van der Waals surface area contributed by atoms with Crippen LogP contribution in [0.25, 0.3) is 5.69 Å². The van der Waals surface area contributed by atoms with Gasteiger partial charge in [-0.1, -0.05) is 23.2 Å². The smallest absolute Gasteiger partial charge is 0.201 e. The van der Waals surface area contributed by atoms with Gasteiger partial charge in [0, 0.05) is 10.7 Å². The third-order valence-electron chi connectivity index (χ3n) is 3.81. The summed E-state index contributed by atoms with van der Waals surface area (Å²) in [6, 6.07) is 9.58. The SMILES string of the molecule is CC(c1nnc(Sc2snc(Cl)c2C#N)n1-c1ccc(Cl)cc1)N(C)C. The molecule has 0 spiro atoms. The summed E-state index contributed by atoms with van der Waals surface area (Å²) in [5.74, 6) is 0.786. The number of halogens is 2. The molecule has 0 amide bonds. The predicted octanol–water partition coefficient (Wildman–Crippen LogP) is 4.68. The highest BCUT2D eigenvalue weighted by Crippen LogP contribution is 2.38. The van der Waals surface area contributed by atoms with E-state index >= 15 is 0 Å². The number of hydrogen-bond donors (Lipinski definition) is 0. The third kappa shape index (κ3) is 3.72. The van der Waals surface area contributed by atoms with E-state index in [1.807, 2.05) is 42.9 Å². The van der Waals surface area contributed by atoms with Gasteiger partial charge in [0.1, 0.15) is 15.8 Å². The summed E-state index contributed by atoms with van der Waals surface area (Å²) in [7, 11) is 3.96. The Hall–Kier alpha value is -1.63. The minimum absolute atomic E-state index is 0.0352. The van der Waals surface area contributed by atoms with Crippen molar-refractivity contribution in [1.82, 2.24) is 24.0 Å². The van der Waals surface area contributed by atoms with Crippen molar-refractivity contribution in [2.45, 2.75) is 22.3 Å². The molecule has 0 bridgehead atoms. The number of benzene rings is 1. The minimum Gasteiger partial charge on any atom is -0.300 e. The van der Waals surface area contributed by atoms with Crippen LogP contribution in [0.3, 0.4) is 0 Å². The van der Waals surface area contributed by atoms with Crippen molar-refractivity contribution < 1.29 is 0 Å². The summed E-state index contributed by atoms with van der Waals surface area (Å²) >= 11 is 14.5. The first-order valence-corrected chi connectivity index (χ1v) is 9.87. The average Bonchev–Trinajstić information content (AvgIpc) is 3.18. The molecule has 10 heteroatoms. The van der Waals surface area contributed by atoms with Crippen LogP contribution in [0.2, 0.25) is 10.2 Å². The Morgan fingerprint density at radius 3 is 2.54 bits per heavy atom. The first kappa shape index (κ1) is 19.1. The molecule has 1 aromatic carbocycles. The Balaban J connectivity index is 2.10. The molecular weight excluding hydrogens is 411 g/mol. The molecule has 0 aliphatic carbocycles. The molecule has 0 fully saturated rings. The fourth-order valence-corrected chi connectivity index (χ4v) is 4.42. The van der Waals surface area contributed by atoms with E-state index < -0.39 is 0 Å². The molecule has 134 valence electrons. The topological polar surface area (TPSA) is 70.6 Å². The van der Waals surface area contributed by atoms with Gasteiger partial charge >= 0.3 is 0 Å². The van der Waals surface area contributed by atoms with Crippen molar-refractivity contribution in [2.75, 3.05) is 14.1 Å². The van der Waals surface area contributed by atoms with Crippen LogP contribution in [0, 0.1) is 11.3 Å². The second-order valence-electron chi connectivity index (χ2n) is 5.64. The summed E-state index contributed by atoms with van der Waals surface area (Å²) in [5.41, 5.74) is 1.24. The van der Waals surface area contributed by atoms with E-state index in [1.54, 1.807) is 0 Å². The van der Waals surface area contributed by atoms with Gasteiger partial charge < -0.3 is 0 Å². The van der Waals surface area contributed by atoms with E-state index in [-0.39, 0.29) is 11.2 Å². The van der Waals surface area contributed by atoms with Gasteiger partial charge in [-0.05, 0) is 68.6 Å². The zero-order chi connectivity index (χ0) is 18.8. The lowest BCUT2D eigenvalue weighted by Gasteiger charge is -2.20. The van der Waals surface area contributed by atoms with E-state index in [0.29, 0.717) is 20.0 Å². The number of nitrogens with zero attached hydrogens (tertiary/aromatic N) is 6. The Morgan fingerprint density at radius 1 is 1.23 bits per heavy atom. The van der Waals surface area contributed by atoms with Gasteiger partial charge in [-0.15, -0.1) is 10.2 Å². The quantitative estimate of drug-likeness (QED) is 0.591. The van der Waals surface area contributed by atoms with Crippen LogP contribution in [0.4, 0.5) is 0 Å². The molecule has 0 radical (unpaired) electrons. The molecule has 2 heterocycles. The zero-order valence-electron chi connectivity index (χ0n) is 14.1. The van der Waals surface area contributed by atoms with Crippen LogP contribution in [-0.4, -0.2) is 38.1 Å².